The van der Waals surface area contributed by atoms with Crippen LogP contribution in [0.4, 0.5) is 0 Å². The van der Waals surface area contributed by atoms with E-state index in [-0.39, 0.29) is 35.4 Å². The van der Waals surface area contributed by atoms with E-state index in [1.165, 1.54) is 7.11 Å². The lowest BCUT2D eigenvalue weighted by molar-refractivity contribution is -0.121. The first kappa shape index (κ1) is 23.4. The minimum atomic E-state index is -0.668. The molecule has 2 saturated carbocycles. The predicted octanol–water partition coefficient (Wildman–Crippen LogP) is 4.03. The third-order valence-corrected chi connectivity index (χ3v) is 7.18. The standard InChI is InChI=1S/C26H34O5/c1-3-14-26(15-5-16-26)24(29)7-4-6-20-21(23(28)17-22(20)27)13-10-18-8-11-19(12-9-18)25(30)31-2/h3-4,6,8-9,11-12,20-22,24,27,29H,1,5,7,10,13-17H2,2H3/b6-4+/t20-,21-,22?,24?/m1/s1. The zero-order valence-electron chi connectivity index (χ0n) is 18.3. The molecule has 0 aromatic heterocycles. The number of aliphatic hydroxyl groups excluding tert-OH is 2. The largest absolute Gasteiger partial charge is 0.465 e. The number of hydrogen-bond acceptors (Lipinski definition) is 5. The Balaban J connectivity index is 1.58. The van der Waals surface area contributed by atoms with Gasteiger partial charge < -0.3 is 14.9 Å². The second kappa shape index (κ2) is 10.4. The van der Waals surface area contributed by atoms with Crippen LogP contribution < -0.4 is 0 Å². The third kappa shape index (κ3) is 5.34. The third-order valence-electron chi connectivity index (χ3n) is 7.18. The lowest BCUT2D eigenvalue weighted by Crippen LogP contribution is -2.40. The molecule has 0 aliphatic heterocycles. The number of benzene rings is 1. The van der Waals surface area contributed by atoms with Crippen molar-refractivity contribution in [3.05, 3.63) is 60.2 Å². The molecule has 2 unspecified atom stereocenters. The first-order valence-corrected chi connectivity index (χ1v) is 11.2. The van der Waals surface area contributed by atoms with Gasteiger partial charge in [-0.15, -0.1) is 6.58 Å². The van der Waals surface area contributed by atoms with E-state index < -0.39 is 12.2 Å². The van der Waals surface area contributed by atoms with Crippen LogP contribution in [0.5, 0.6) is 0 Å². The summed E-state index contributed by atoms with van der Waals surface area (Å²) in [6, 6.07) is 7.21. The molecule has 1 aromatic rings. The number of carbonyl (C=O) groups is 2. The Labute approximate surface area is 184 Å². The van der Waals surface area contributed by atoms with Crippen LogP contribution in [0.3, 0.4) is 0 Å². The van der Waals surface area contributed by atoms with E-state index in [1.54, 1.807) is 12.1 Å². The highest BCUT2D eigenvalue weighted by Crippen LogP contribution is 2.48. The molecule has 5 nitrogen and oxygen atoms in total. The van der Waals surface area contributed by atoms with Gasteiger partial charge in [-0.2, -0.15) is 0 Å². The van der Waals surface area contributed by atoms with E-state index in [0.29, 0.717) is 24.8 Å². The van der Waals surface area contributed by atoms with Crippen molar-refractivity contribution in [3.8, 4) is 0 Å². The van der Waals surface area contributed by atoms with Crippen LogP contribution in [0.15, 0.2) is 49.1 Å². The number of allylic oxidation sites excluding steroid dienone is 1. The molecule has 0 radical (unpaired) electrons. The van der Waals surface area contributed by atoms with Crippen molar-refractivity contribution in [3.63, 3.8) is 0 Å². The molecule has 2 aliphatic carbocycles. The number of hydrogen-bond donors (Lipinski definition) is 2. The molecule has 3 rings (SSSR count). The minimum absolute atomic E-state index is 0.0496. The van der Waals surface area contributed by atoms with Crippen molar-refractivity contribution in [2.24, 2.45) is 17.3 Å². The monoisotopic (exact) mass is 426 g/mol. The van der Waals surface area contributed by atoms with Gasteiger partial charge in [0, 0.05) is 23.7 Å². The zero-order valence-corrected chi connectivity index (χ0v) is 18.3. The SMILES string of the molecule is C=CCC1(C(O)C/C=C/[C@H]2C(O)CC(=O)[C@@H]2CCc2ccc(C(=O)OC)cc2)CCC1. The summed E-state index contributed by atoms with van der Waals surface area (Å²) in [5.74, 6) is -0.721. The van der Waals surface area contributed by atoms with Gasteiger partial charge in [0.05, 0.1) is 24.9 Å². The summed E-state index contributed by atoms with van der Waals surface area (Å²) in [6.45, 7) is 3.82. The highest BCUT2D eigenvalue weighted by molar-refractivity contribution is 5.89. The van der Waals surface area contributed by atoms with Crippen molar-refractivity contribution >= 4 is 11.8 Å². The first-order chi connectivity index (χ1) is 14.9. The molecule has 1 aromatic carbocycles. The Hall–Kier alpha value is -2.24. The van der Waals surface area contributed by atoms with Crippen LogP contribution in [0.1, 0.15) is 60.9 Å². The minimum Gasteiger partial charge on any atom is -0.465 e. The predicted molar refractivity (Wildman–Crippen MR) is 120 cm³/mol. The van der Waals surface area contributed by atoms with Gasteiger partial charge in [0.1, 0.15) is 5.78 Å². The van der Waals surface area contributed by atoms with Gasteiger partial charge in [-0.1, -0.05) is 36.8 Å². The highest BCUT2D eigenvalue weighted by Gasteiger charge is 2.42. The summed E-state index contributed by atoms with van der Waals surface area (Å²) in [5, 5.41) is 21.1. The molecule has 2 N–H and O–H groups in total. The van der Waals surface area contributed by atoms with Crippen LogP contribution in [0.25, 0.3) is 0 Å². The van der Waals surface area contributed by atoms with Crippen LogP contribution in [0, 0.1) is 17.3 Å². The van der Waals surface area contributed by atoms with Gasteiger partial charge in [-0.05, 0) is 56.2 Å². The molecule has 168 valence electrons. The summed E-state index contributed by atoms with van der Waals surface area (Å²) in [5.41, 5.74) is 1.49. The number of methoxy groups -OCH3 is 1. The van der Waals surface area contributed by atoms with E-state index in [2.05, 4.69) is 6.58 Å². The molecule has 0 spiro atoms. The molecule has 31 heavy (non-hydrogen) atoms. The van der Waals surface area contributed by atoms with E-state index >= 15 is 0 Å². The fraction of sp³-hybridized carbons (Fsp3) is 0.538. The maximum Gasteiger partial charge on any atom is 0.337 e. The van der Waals surface area contributed by atoms with Crippen molar-refractivity contribution in [1.82, 2.24) is 0 Å². The number of Topliss-reactive ketones (excluding diaryl/α,β-unsaturated/α-hetero) is 1. The maximum atomic E-state index is 12.5. The summed E-state index contributed by atoms with van der Waals surface area (Å²) in [6.07, 6.45) is 10.8. The van der Waals surface area contributed by atoms with Crippen molar-refractivity contribution in [2.45, 2.75) is 63.6 Å². The number of aliphatic hydroxyl groups is 2. The average molecular weight is 427 g/mol. The zero-order chi connectivity index (χ0) is 22.4. The van der Waals surface area contributed by atoms with Crippen molar-refractivity contribution < 1.29 is 24.5 Å². The summed E-state index contributed by atoms with van der Waals surface area (Å²) in [7, 11) is 1.35. The fourth-order valence-electron chi connectivity index (χ4n) is 5.05. The van der Waals surface area contributed by atoms with Gasteiger partial charge in [0.15, 0.2) is 0 Å². The molecular weight excluding hydrogens is 392 g/mol. The number of rotatable bonds is 10. The number of ketones is 1. The van der Waals surface area contributed by atoms with Gasteiger partial charge in [0.2, 0.25) is 0 Å². The Morgan fingerprint density at radius 1 is 1.32 bits per heavy atom. The summed E-state index contributed by atoms with van der Waals surface area (Å²) in [4.78, 5) is 24.0. The normalized spacial score (nSPS) is 25.9. The van der Waals surface area contributed by atoms with Crippen LogP contribution in [-0.2, 0) is 16.0 Å². The van der Waals surface area contributed by atoms with Gasteiger partial charge >= 0.3 is 5.97 Å². The quantitative estimate of drug-likeness (QED) is 0.436. The highest BCUT2D eigenvalue weighted by atomic mass is 16.5. The summed E-state index contributed by atoms with van der Waals surface area (Å²) < 4.78 is 4.72. The molecule has 5 heteroatoms. The molecular formula is C26H34O5. The van der Waals surface area contributed by atoms with Crippen LogP contribution >= 0.6 is 0 Å². The topological polar surface area (TPSA) is 83.8 Å². The molecule has 2 aliphatic rings. The molecule has 0 saturated heterocycles. The first-order valence-electron chi connectivity index (χ1n) is 11.2. The van der Waals surface area contributed by atoms with E-state index in [0.717, 1.165) is 31.2 Å². The smallest absolute Gasteiger partial charge is 0.337 e. The van der Waals surface area contributed by atoms with Crippen molar-refractivity contribution in [2.75, 3.05) is 7.11 Å². The lowest BCUT2D eigenvalue weighted by Gasteiger charge is -2.45. The number of aryl methyl sites for hydroxylation is 1. The fourth-order valence-corrected chi connectivity index (χ4v) is 5.05. The number of carbonyl (C=O) groups excluding carboxylic acids is 2. The molecule has 4 atom stereocenters. The van der Waals surface area contributed by atoms with Gasteiger partial charge in [-0.25, -0.2) is 4.79 Å². The Morgan fingerprint density at radius 2 is 2.03 bits per heavy atom. The lowest BCUT2D eigenvalue weighted by atomic mass is 9.62. The van der Waals surface area contributed by atoms with Crippen molar-refractivity contribution in [1.29, 1.82) is 0 Å². The second-order valence-electron chi connectivity index (χ2n) is 9.04. The molecule has 0 bridgehead atoms. The van der Waals surface area contributed by atoms with E-state index in [4.69, 9.17) is 4.74 Å². The maximum absolute atomic E-state index is 12.5. The Kier molecular flexibility index (Phi) is 7.84. The Morgan fingerprint density at radius 3 is 2.61 bits per heavy atom. The van der Waals surface area contributed by atoms with Gasteiger partial charge in [0.25, 0.3) is 0 Å². The van der Waals surface area contributed by atoms with E-state index in [9.17, 15) is 19.8 Å². The van der Waals surface area contributed by atoms with Crippen LogP contribution in [0.2, 0.25) is 0 Å². The molecule has 0 amide bonds. The molecule has 0 heterocycles. The van der Waals surface area contributed by atoms with Gasteiger partial charge in [-0.3, -0.25) is 4.79 Å². The number of esters is 1. The van der Waals surface area contributed by atoms with E-state index in [1.807, 2.05) is 30.4 Å². The Bertz CT molecular complexity index is 806. The average Bonchev–Trinajstić information content (AvgIpc) is 3.01. The van der Waals surface area contributed by atoms with Crippen LogP contribution in [-0.4, -0.2) is 41.3 Å². The second-order valence-corrected chi connectivity index (χ2v) is 9.04. The number of ether oxygens (including phenoxy) is 1. The summed E-state index contributed by atoms with van der Waals surface area (Å²) >= 11 is 0. The molecule has 2 fully saturated rings.